The van der Waals surface area contributed by atoms with Crippen LogP contribution in [-0.4, -0.2) is 23.8 Å². The first-order chi connectivity index (χ1) is 8.47. The third kappa shape index (κ3) is 3.20. The molecule has 0 saturated heterocycles. The highest BCUT2D eigenvalue weighted by Crippen LogP contribution is 2.20. The minimum absolute atomic E-state index is 0.230. The number of carbonyl (C=O) groups excluding carboxylic acids is 1. The Labute approximate surface area is 110 Å². The van der Waals surface area contributed by atoms with Crippen molar-refractivity contribution >= 4 is 5.78 Å². The number of nitrogens with zero attached hydrogens (tertiary/aromatic N) is 1. The van der Waals surface area contributed by atoms with Gasteiger partial charge in [-0.15, -0.1) is 0 Å². The van der Waals surface area contributed by atoms with Gasteiger partial charge in [-0.1, -0.05) is 45.0 Å². The van der Waals surface area contributed by atoms with Gasteiger partial charge in [-0.3, -0.25) is 9.69 Å². The highest BCUT2D eigenvalue weighted by Gasteiger charge is 2.24. The molecule has 0 amide bonds. The van der Waals surface area contributed by atoms with Crippen molar-refractivity contribution in [2.45, 2.75) is 40.2 Å². The molecule has 0 bridgehead atoms. The van der Waals surface area contributed by atoms with Crippen molar-refractivity contribution < 1.29 is 4.79 Å². The lowest BCUT2D eigenvalue weighted by Gasteiger charge is -2.24. The van der Waals surface area contributed by atoms with E-state index in [4.69, 9.17) is 0 Å². The fourth-order valence-corrected chi connectivity index (χ4v) is 2.34. The zero-order chi connectivity index (χ0) is 13.2. The van der Waals surface area contributed by atoms with Gasteiger partial charge in [0, 0.05) is 12.0 Å². The number of hydrogen-bond acceptors (Lipinski definition) is 2. The molecule has 0 N–H and O–H groups in total. The summed E-state index contributed by atoms with van der Waals surface area (Å²) >= 11 is 0. The van der Waals surface area contributed by atoms with Crippen LogP contribution in [0.5, 0.6) is 0 Å². The molecular weight excluding hydrogens is 222 g/mol. The maximum Gasteiger partial charge on any atom is 0.152 e. The normalized spacial score (nSPS) is 17.1. The van der Waals surface area contributed by atoms with Gasteiger partial charge in [0.15, 0.2) is 5.78 Å². The largest absolute Gasteiger partial charge is 0.298 e. The molecule has 1 aliphatic heterocycles. The standard InChI is InChI=1S/C16H23NO/c1-16(2,3)15(18)12-17-10-6-9-13-7-4-5-8-14(13)11-17/h4-5,7-8H,6,9-12H2,1-3H3. The Morgan fingerprint density at radius 2 is 1.89 bits per heavy atom. The third-order valence-electron chi connectivity index (χ3n) is 3.64. The van der Waals surface area contributed by atoms with E-state index in [0.717, 1.165) is 25.9 Å². The van der Waals surface area contributed by atoms with Crippen LogP contribution >= 0.6 is 0 Å². The predicted molar refractivity (Wildman–Crippen MR) is 74.5 cm³/mol. The van der Waals surface area contributed by atoms with E-state index in [-0.39, 0.29) is 5.41 Å². The summed E-state index contributed by atoms with van der Waals surface area (Å²) in [4.78, 5) is 14.4. The van der Waals surface area contributed by atoms with Gasteiger partial charge in [0.2, 0.25) is 0 Å². The summed E-state index contributed by atoms with van der Waals surface area (Å²) in [6, 6.07) is 8.60. The number of rotatable bonds is 2. The monoisotopic (exact) mass is 245 g/mol. The first-order valence-electron chi connectivity index (χ1n) is 6.79. The smallest absolute Gasteiger partial charge is 0.152 e. The first-order valence-corrected chi connectivity index (χ1v) is 6.79. The van der Waals surface area contributed by atoms with Gasteiger partial charge < -0.3 is 0 Å². The molecule has 0 spiro atoms. The van der Waals surface area contributed by atoms with E-state index < -0.39 is 0 Å². The number of ketones is 1. The van der Waals surface area contributed by atoms with Crippen LogP contribution in [0.15, 0.2) is 24.3 Å². The second kappa shape index (κ2) is 5.23. The molecule has 0 radical (unpaired) electrons. The molecule has 0 unspecified atom stereocenters. The molecule has 2 heteroatoms. The molecule has 0 atom stereocenters. The Hall–Kier alpha value is -1.15. The fourth-order valence-electron chi connectivity index (χ4n) is 2.34. The van der Waals surface area contributed by atoms with E-state index in [0.29, 0.717) is 12.3 Å². The average Bonchev–Trinajstić information content (AvgIpc) is 2.49. The van der Waals surface area contributed by atoms with Gasteiger partial charge in [0.1, 0.15) is 0 Å². The Kier molecular flexibility index (Phi) is 3.86. The minimum atomic E-state index is -0.230. The molecule has 98 valence electrons. The molecule has 1 aromatic carbocycles. The molecule has 18 heavy (non-hydrogen) atoms. The highest BCUT2D eigenvalue weighted by molar-refractivity contribution is 5.85. The van der Waals surface area contributed by atoms with Gasteiger partial charge in [-0.25, -0.2) is 0 Å². The van der Waals surface area contributed by atoms with Crippen LogP contribution in [0.3, 0.4) is 0 Å². The summed E-state index contributed by atoms with van der Waals surface area (Å²) in [6.45, 7) is 8.52. The number of carbonyl (C=O) groups is 1. The molecule has 0 aromatic heterocycles. The summed E-state index contributed by atoms with van der Waals surface area (Å²) in [5.74, 6) is 0.335. The van der Waals surface area contributed by atoms with E-state index in [1.54, 1.807) is 0 Å². The fraction of sp³-hybridized carbons (Fsp3) is 0.562. The third-order valence-corrected chi connectivity index (χ3v) is 3.64. The van der Waals surface area contributed by atoms with Gasteiger partial charge in [-0.05, 0) is 30.5 Å². The SMILES string of the molecule is CC(C)(C)C(=O)CN1CCCc2ccccc2C1. The minimum Gasteiger partial charge on any atom is -0.298 e. The lowest BCUT2D eigenvalue weighted by Crippen LogP contribution is -2.35. The summed E-state index contributed by atoms with van der Waals surface area (Å²) in [7, 11) is 0. The second-order valence-corrected chi connectivity index (χ2v) is 6.26. The van der Waals surface area contributed by atoms with Crippen molar-refractivity contribution in [1.29, 1.82) is 0 Å². The zero-order valence-electron chi connectivity index (χ0n) is 11.7. The number of benzene rings is 1. The Morgan fingerprint density at radius 3 is 2.56 bits per heavy atom. The van der Waals surface area contributed by atoms with Gasteiger partial charge in [0.25, 0.3) is 0 Å². The lowest BCUT2D eigenvalue weighted by molar-refractivity contribution is -0.127. The van der Waals surface area contributed by atoms with Crippen molar-refractivity contribution in [3.8, 4) is 0 Å². The molecule has 2 nitrogen and oxygen atoms in total. The number of fused-ring (bicyclic) bond motifs is 1. The molecular formula is C16H23NO. The molecule has 0 fully saturated rings. The second-order valence-electron chi connectivity index (χ2n) is 6.26. The zero-order valence-corrected chi connectivity index (χ0v) is 11.7. The van der Waals surface area contributed by atoms with Gasteiger partial charge >= 0.3 is 0 Å². The van der Waals surface area contributed by atoms with Crippen LogP contribution < -0.4 is 0 Å². The average molecular weight is 245 g/mol. The summed E-state index contributed by atoms with van der Waals surface area (Å²) < 4.78 is 0. The summed E-state index contributed by atoms with van der Waals surface area (Å²) in [5.41, 5.74) is 2.60. The van der Waals surface area contributed by atoms with E-state index in [1.807, 2.05) is 20.8 Å². The maximum atomic E-state index is 12.1. The van der Waals surface area contributed by atoms with Crippen LogP contribution in [-0.2, 0) is 17.8 Å². The van der Waals surface area contributed by atoms with Crippen LogP contribution in [0, 0.1) is 5.41 Å². The summed E-state index contributed by atoms with van der Waals surface area (Å²) in [6.07, 6.45) is 2.28. The molecule has 1 aliphatic rings. The van der Waals surface area contributed by atoms with Gasteiger partial charge in [0.05, 0.1) is 6.54 Å². The topological polar surface area (TPSA) is 20.3 Å². The van der Waals surface area contributed by atoms with Crippen molar-refractivity contribution in [2.24, 2.45) is 5.41 Å². The highest BCUT2D eigenvalue weighted by atomic mass is 16.1. The van der Waals surface area contributed by atoms with E-state index in [9.17, 15) is 4.79 Å². The van der Waals surface area contributed by atoms with Crippen LogP contribution in [0.4, 0.5) is 0 Å². The van der Waals surface area contributed by atoms with Gasteiger partial charge in [-0.2, -0.15) is 0 Å². The first kappa shape index (κ1) is 13.3. The van der Waals surface area contributed by atoms with Crippen molar-refractivity contribution in [3.05, 3.63) is 35.4 Å². The molecule has 0 saturated carbocycles. The summed E-state index contributed by atoms with van der Waals surface area (Å²) in [5, 5.41) is 0. The number of aryl methyl sites for hydroxylation is 1. The van der Waals surface area contributed by atoms with Crippen molar-refractivity contribution in [3.63, 3.8) is 0 Å². The Balaban J connectivity index is 2.07. The Morgan fingerprint density at radius 1 is 1.22 bits per heavy atom. The lowest BCUT2D eigenvalue weighted by atomic mass is 9.90. The molecule has 1 aromatic rings. The van der Waals surface area contributed by atoms with E-state index in [2.05, 4.69) is 29.2 Å². The molecule has 0 aliphatic carbocycles. The van der Waals surface area contributed by atoms with Crippen molar-refractivity contribution in [1.82, 2.24) is 4.90 Å². The molecule has 2 rings (SSSR count). The van der Waals surface area contributed by atoms with Crippen molar-refractivity contribution in [2.75, 3.05) is 13.1 Å². The van der Waals surface area contributed by atoms with Crippen LogP contribution in [0.2, 0.25) is 0 Å². The van der Waals surface area contributed by atoms with Crippen LogP contribution in [0.1, 0.15) is 38.3 Å². The molecule has 1 heterocycles. The quantitative estimate of drug-likeness (QED) is 0.798. The maximum absolute atomic E-state index is 12.1. The van der Waals surface area contributed by atoms with E-state index >= 15 is 0 Å². The van der Waals surface area contributed by atoms with E-state index in [1.165, 1.54) is 11.1 Å². The number of Topliss-reactive ketones (excluding diaryl/α,β-unsaturated/α-hetero) is 1. The predicted octanol–water partition coefficient (Wildman–Crippen LogP) is 3.05. The Bertz CT molecular complexity index is 431. The van der Waals surface area contributed by atoms with Crippen LogP contribution in [0.25, 0.3) is 0 Å². The number of hydrogen-bond donors (Lipinski definition) is 0.